The second-order valence-electron chi connectivity index (χ2n) is 6.46. The quantitative estimate of drug-likeness (QED) is 0.697. The Kier molecular flexibility index (Phi) is 3.56. The number of hydrogen-bond acceptors (Lipinski definition) is 4. The molecule has 1 aromatic carbocycles. The van der Waals surface area contributed by atoms with Crippen LogP contribution >= 0.6 is 0 Å². The Labute approximate surface area is 140 Å². The van der Waals surface area contributed by atoms with Crippen molar-refractivity contribution in [2.75, 3.05) is 5.32 Å². The number of carbonyl (C=O) groups is 2. The molecule has 24 heavy (non-hydrogen) atoms. The zero-order chi connectivity index (χ0) is 16.6. The first kappa shape index (κ1) is 14.9. The zero-order valence-electron chi connectivity index (χ0n) is 13.2. The van der Waals surface area contributed by atoms with Crippen molar-refractivity contribution >= 4 is 17.6 Å². The number of esters is 1. The van der Waals surface area contributed by atoms with Crippen LogP contribution in [0.4, 0.5) is 5.69 Å². The molecule has 0 saturated heterocycles. The summed E-state index contributed by atoms with van der Waals surface area (Å²) in [6.45, 7) is 0. The van der Waals surface area contributed by atoms with Crippen LogP contribution in [-0.4, -0.2) is 16.9 Å². The largest absolute Gasteiger partial charge is 0.426 e. The van der Waals surface area contributed by atoms with Crippen molar-refractivity contribution in [1.82, 2.24) is 4.98 Å². The zero-order valence-corrected chi connectivity index (χ0v) is 13.2. The molecule has 0 spiro atoms. The van der Waals surface area contributed by atoms with Gasteiger partial charge in [-0.2, -0.15) is 0 Å². The highest BCUT2D eigenvalue weighted by atomic mass is 16.5. The summed E-state index contributed by atoms with van der Waals surface area (Å²) in [5.74, 6) is 0.228. The number of amides is 1. The van der Waals surface area contributed by atoms with Crippen LogP contribution in [0.25, 0.3) is 0 Å². The minimum absolute atomic E-state index is 0.0314. The predicted octanol–water partition coefficient (Wildman–Crippen LogP) is 2.99. The fourth-order valence-electron chi connectivity index (χ4n) is 3.71. The Hall–Kier alpha value is -2.69. The first-order valence-electron chi connectivity index (χ1n) is 8.23. The Morgan fingerprint density at radius 3 is 2.79 bits per heavy atom. The summed E-state index contributed by atoms with van der Waals surface area (Å²) in [5, 5.41) is 2.78. The molecule has 5 nitrogen and oxygen atoms in total. The van der Waals surface area contributed by atoms with Crippen LogP contribution in [0.5, 0.6) is 5.75 Å². The van der Waals surface area contributed by atoms with E-state index in [4.69, 9.17) is 4.74 Å². The van der Waals surface area contributed by atoms with Crippen molar-refractivity contribution in [3.8, 4) is 5.75 Å². The normalized spacial score (nSPS) is 18.1. The smallest absolute Gasteiger partial charge is 0.322 e. The van der Waals surface area contributed by atoms with E-state index >= 15 is 0 Å². The average molecular weight is 322 g/mol. The monoisotopic (exact) mass is 322 g/mol. The lowest BCUT2D eigenvalue weighted by Gasteiger charge is -2.26. The molecule has 5 heteroatoms. The predicted molar refractivity (Wildman–Crippen MR) is 88.8 cm³/mol. The first-order valence-corrected chi connectivity index (χ1v) is 8.23. The van der Waals surface area contributed by atoms with Crippen molar-refractivity contribution < 1.29 is 14.3 Å². The van der Waals surface area contributed by atoms with Crippen LogP contribution in [0.3, 0.4) is 0 Å². The molecule has 0 bridgehead atoms. The van der Waals surface area contributed by atoms with Gasteiger partial charge in [0.15, 0.2) is 0 Å². The molecule has 1 aliphatic heterocycles. The maximum atomic E-state index is 13.0. The van der Waals surface area contributed by atoms with Crippen LogP contribution in [0.1, 0.15) is 36.8 Å². The van der Waals surface area contributed by atoms with Crippen LogP contribution in [0, 0.1) is 0 Å². The molecule has 1 aliphatic carbocycles. The minimum atomic E-state index is -0.610. The number of anilines is 1. The molecule has 122 valence electrons. The molecule has 0 atom stereocenters. The number of fused-ring (bicyclic) bond motifs is 1. The van der Waals surface area contributed by atoms with Gasteiger partial charge in [-0.15, -0.1) is 0 Å². The van der Waals surface area contributed by atoms with Crippen LogP contribution in [0.15, 0.2) is 42.7 Å². The molecule has 2 aromatic rings. The van der Waals surface area contributed by atoms with E-state index in [2.05, 4.69) is 10.3 Å². The van der Waals surface area contributed by atoms with E-state index in [0.717, 1.165) is 42.5 Å². The topological polar surface area (TPSA) is 68.3 Å². The molecule has 2 aliphatic rings. The van der Waals surface area contributed by atoms with E-state index in [1.54, 1.807) is 30.6 Å². The average Bonchev–Trinajstić information content (AvgIpc) is 3.22. The van der Waals surface area contributed by atoms with Crippen molar-refractivity contribution in [3.05, 3.63) is 53.9 Å². The molecule has 0 unspecified atom stereocenters. The van der Waals surface area contributed by atoms with Gasteiger partial charge in [0.25, 0.3) is 0 Å². The summed E-state index contributed by atoms with van der Waals surface area (Å²) in [6.07, 6.45) is 7.37. The van der Waals surface area contributed by atoms with Gasteiger partial charge in [-0.25, -0.2) is 0 Å². The Morgan fingerprint density at radius 1 is 1.21 bits per heavy atom. The third-order valence-electron chi connectivity index (χ3n) is 4.97. The summed E-state index contributed by atoms with van der Waals surface area (Å²) < 4.78 is 5.71. The summed E-state index contributed by atoms with van der Waals surface area (Å²) in [7, 11) is 0. The summed E-state index contributed by atoms with van der Waals surface area (Å²) in [5.41, 5.74) is 1.97. The number of nitrogens with one attached hydrogen (secondary N) is 1. The van der Waals surface area contributed by atoms with Gasteiger partial charge in [0.1, 0.15) is 5.75 Å². The molecule has 1 fully saturated rings. The number of aromatic nitrogens is 1. The Balaban J connectivity index is 1.61. The molecule has 1 saturated carbocycles. The van der Waals surface area contributed by atoms with Crippen molar-refractivity contribution in [2.45, 2.75) is 37.5 Å². The van der Waals surface area contributed by atoms with E-state index in [-0.39, 0.29) is 11.9 Å². The van der Waals surface area contributed by atoms with Gasteiger partial charge in [0.05, 0.1) is 11.8 Å². The number of rotatable bonds is 3. The maximum Gasteiger partial charge on any atom is 0.322 e. The fraction of sp³-hybridized carbons (Fsp3) is 0.316. The van der Waals surface area contributed by atoms with E-state index in [1.807, 2.05) is 12.1 Å². The standard InChI is InChI=1S/C19H18N2O3/c22-17-11-13-10-15(5-6-16(13)21-17)24-18(23)19(7-1-2-8-19)14-4-3-9-20-12-14/h3-6,9-10,12H,1-2,7-8,11H2,(H,21,22). The lowest BCUT2D eigenvalue weighted by molar-refractivity contribution is -0.140. The third kappa shape index (κ3) is 2.46. The van der Waals surface area contributed by atoms with Crippen LogP contribution in [0.2, 0.25) is 0 Å². The van der Waals surface area contributed by atoms with Gasteiger partial charge in [-0.1, -0.05) is 18.9 Å². The first-order chi connectivity index (χ1) is 11.7. The fourth-order valence-corrected chi connectivity index (χ4v) is 3.71. The van der Waals surface area contributed by atoms with Crippen molar-refractivity contribution in [2.24, 2.45) is 0 Å². The number of carbonyl (C=O) groups excluding carboxylic acids is 2. The van der Waals surface area contributed by atoms with E-state index in [0.29, 0.717) is 12.2 Å². The molecular weight excluding hydrogens is 304 g/mol. The second-order valence-corrected chi connectivity index (χ2v) is 6.46. The van der Waals surface area contributed by atoms with Crippen molar-refractivity contribution in [3.63, 3.8) is 0 Å². The van der Waals surface area contributed by atoms with E-state index in [9.17, 15) is 9.59 Å². The summed E-state index contributed by atoms with van der Waals surface area (Å²) in [4.78, 5) is 28.6. The number of pyridine rings is 1. The molecule has 2 heterocycles. The van der Waals surface area contributed by atoms with E-state index in [1.165, 1.54) is 0 Å². The van der Waals surface area contributed by atoms with Gasteiger partial charge in [0, 0.05) is 18.1 Å². The number of hydrogen-bond donors (Lipinski definition) is 1. The second kappa shape index (κ2) is 5.74. The van der Waals surface area contributed by atoms with Crippen LogP contribution in [-0.2, 0) is 21.4 Å². The lowest BCUT2D eigenvalue weighted by Crippen LogP contribution is -2.36. The highest BCUT2D eigenvalue weighted by Crippen LogP contribution is 2.42. The van der Waals surface area contributed by atoms with Crippen molar-refractivity contribution in [1.29, 1.82) is 0 Å². The van der Waals surface area contributed by atoms with Crippen LogP contribution < -0.4 is 10.1 Å². The van der Waals surface area contributed by atoms with E-state index < -0.39 is 5.41 Å². The van der Waals surface area contributed by atoms with Gasteiger partial charge < -0.3 is 10.1 Å². The molecule has 1 N–H and O–H groups in total. The maximum absolute atomic E-state index is 13.0. The Bertz CT molecular complexity index is 796. The highest BCUT2D eigenvalue weighted by molar-refractivity contribution is 5.99. The SMILES string of the molecule is O=C1Cc2cc(OC(=O)C3(c4cccnc4)CCCC3)ccc2N1. The number of ether oxygens (including phenoxy) is 1. The Morgan fingerprint density at radius 2 is 2.04 bits per heavy atom. The minimum Gasteiger partial charge on any atom is -0.426 e. The van der Waals surface area contributed by atoms with Gasteiger partial charge >= 0.3 is 5.97 Å². The number of nitrogens with zero attached hydrogens (tertiary/aromatic N) is 1. The molecule has 0 radical (unpaired) electrons. The summed E-state index contributed by atoms with van der Waals surface area (Å²) in [6, 6.07) is 9.10. The molecule has 4 rings (SSSR count). The van der Waals surface area contributed by atoms with Gasteiger partial charge in [-0.05, 0) is 48.2 Å². The molecule has 1 amide bonds. The molecule has 1 aromatic heterocycles. The highest BCUT2D eigenvalue weighted by Gasteiger charge is 2.44. The lowest BCUT2D eigenvalue weighted by atomic mass is 9.80. The third-order valence-corrected chi connectivity index (χ3v) is 4.97. The molecular formula is C19H18N2O3. The van der Waals surface area contributed by atoms with Gasteiger partial charge in [0.2, 0.25) is 5.91 Å². The number of benzene rings is 1. The summed E-state index contributed by atoms with van der Waals surface area (Å²) >= 11 is 0. The van der Waals surface area contributed by atoms with Gasteiger partial charge in [-0.3, -0.25) is 14.6 Å².